The lowest BCUT2D eigenvalue weighted by Gasteiger charge is -2.18. The molecule has 1 aromatic rings. The van der Waals surface area contributed by atoms with Gasteiger partial charge < -0.3 is 9.47 Å². The molecule has 1 aromatic heterocycles. The first-order valence-electron chi connectivity index (χ1n) is 5.59. The van der Waals surface area contributed by atoms with Gasteiger partial charge in [0.15, 0.2) is 5.75 Å². The lowest BCUT2D eigenvalue weighted by Crippen LogP contribution is -2.23. The fraction of sp³-hybridized carbons (Fsp3) is 0.455. The van der Waals surface area contributed by atoms with Crippen LogP contribution in [0.4, 0.5) is 26.3 Å². The van der Waals surface area contributed by atoms with Crippen molar-refractivity contribution >= 4 is 21.9 Å². The van der Waals surface area contributed by atoms with E-state index in [0.29, 0.717) is 0 Å². The van der Waals surface area contributed by atoms with Crippen LogP contribution in [-0.4, -0.2) is 23.9 Å². The number of rotatable bonds is 4. The van der Waals surface area contributed by atoms with Crippen molar-refractivity contribution < 1.29 is 40.6 Å². The topological polar surface area (TPSA) is 48.4 Å². The van der Waals surface area contributed by atoms with Gasteiger partial charge in [0, 0.05) is 10.9 Å². The third-order valence-corrected chi connectivity index (χ3v) is 2.81. The van der Waals surface area contributed by atoms with E-state index in [0.717, 1.165) is 0 Å². The van der Waals surface area contributed by atoms with Gasteiger partial charge in [-0.1, -0.05) is 15.9 Å². The lowest BCUT2D eigenvalue weighted by molar-refractivity contribution is -0.274. The zero-order valence-electron chi connectivity index (χ0n) is 10.8. The van der Waals surface area contributed by atoms with Gasteiger partial charge in [0.05, 0.1) is 12.8 Å². The number of hydrogen-bond donors (Lipinski definition) is 0. The Kier molecular flexibility index (Phi) is 5.65. The quantitative estimate of drug-likeness (QED) is 0.438. The molecule has 0 aromatic carbocycles. The molecule has 0 unspecified atom stereocenters. The number of carbonyl (C=O) groups excluding carboxylic acids is 1. The van der Waals surface area contributed by atoms with Crippen LogP contribution in [0.3, 0.4) is 0 Å². The highest BCUT2D eigenvalue weighted by Gasteiger charge is 2.40. The molecule has 0 saturated carbocycles. The summed E-state index contributed by atoms with van der Waals surface area (Å²) in [6.45, 7) is 1.11. The fourth-order valence-electron chi connectivity index (χ4n) is 1.54. The average molecular weight is 396 g/mol. The molecule has 0 aliphatic rings. The minimum absolute atomic E-state index is 0.189. The number of halogens is 7. The number of aromatic nitrogens is 1. The van der Waals surface area contributed by atoms with Gasteiger partial charge in [-0.25, -0.2) is 9.78 Å². The van der Waals surface area contributed by atoms with Crippen molar-refractivity contribution in [3.8, 4) is 5.75 Å². The van der Waals surface area contributed by atoms with Crippen molar-refractivity contribution in [1.82, 2.24) is 4.98 Å². The van der Waals surface area contributed by atoms with Crippen molar-refractivity contribution in [2.45, 2.75) is 24.8 Å². The first-order valence-corrected chi connectivity index (χ1v) is 6.71. The minimum atomic E-state index is -5.20. The van der Waals surface area contributed by atoms with Crippen molar-refractivity contribution in [3.05, 3.63) is 23.0 Å². The van der Waals surface area contributed by atoms with E-state index >= 15 is 0 Å². The molecule has 0 atom stereocenters. The van der Waals surface area contributed by atoms with E-state index in [4.69, 9.17) is 0 Å². The van der Waals surface area contributed by atoms with Gasteiger partial charge in [-0.2, -0.15) is 13.2 Å². The summed E-state index contributed by atoms with van der Waals surface area (Å²) in [6.07, 6.45) is -9.97. The molecule has 4 nitrogen and oxygen atoms in total. The summed E-state index contributed by atoms with van der Waals surface area (Å²) in [5, 5.41) is -0.571. The van der Waals surface area contributed by atoms with Gasteiger partial charge in [-0.15, -0.1) is 13.2 Å². The van der Waals surface area contributed by atoms with E-state index in [1.165, 1.54) is 6.92 Å². The third kappa shape index (κ3) is 4.49. The van der Waals surface area contributed by atoms with Gasteiger partial charge >= 0.3 is 18.5 Å². The SMILES string of the molecule is CCOC(=O)c1c(OC(F)(F)F)cnc(C(F)(F)F)c1CBr. The summed E-state index contributed by atoms with van der Waals surface area (Å²) in [5.41, 5.74) is -3.27. The molecule has 0 aliphatic heterocycles. The number of carbonyl (C=O) groups is 1. The Morgan fingerprint density at radius 3 is 2.27 bits per heavy atom. The van der Waals surface area contributed by atoms with E-state index in [2.05, 4.69) is 30.4 Å². The Morgan fingerprint density at radius 1 is 1.27 bits per heavy atom. The molecule has 0 aliphatic carbocycles. The highest BCUT2D eigenvalue weighted by Crippen LogP contribution is 2.37. The molecule has 0 N–H and O–H groups in total. The predicted octanol–water partition coefficient (Wildman–Crippen LogP) is 4.07. The van der Waals surface area contributed by atoms with Gasteiger partial charge in [0.2, 0.25) is 0 Å². The molecule has 0 fully saturated rings. The van der Waals surface area contributed by atoms with Gasteiger partial charge in [-0.05, 0) is 6.92 Å². The molecular weight excluding hydrogens is 388 g/mol. The number of nitrogens with zero attached hydrogens (tertiary/aromatic N) is 1. The number of pyridine rings is 1. The van der Waals surface area contributed by atoms with Crippen molar-refractivity contribution in [2.24, 2.45) is 0 Å². The minimum Gasteiger partial charge on any atom is -0.462 e. The summed E-state index contributed by atoms with van der Waals surface area (Å²) in [5.74, 6) is -2.53. The van der Waals surface area contributed by atoms with Crippen molar-refractivity contribution in [1.29, 1.82) is 0 Å². The Bertz CT molecular complexity index is 558. The van der Waals surface area contributed by atoms with E-state index in [1.807, 2.05) is 0 Å². The molecule has 0 radical (unpaired) electrons. The third-order valence-electron chi connectivity index (χ3n) is 2.25. The second-order valence-corrected chi connectivity index (χ2v) is 4.29. The van der Waals surface area contributed by atoms with Crippen LogP contribution in [-0.2, 0) is 16.2 Å². The zero-order valence-corrected chi connectivity index (χ0v) is 12.4. The summed E-state index contributed by atoms with van der Waals surface area (Å²) >= 11 is 2.70. The van der Waals surface area contributed by atoms with E-state index in [9.17, 15) is 31.1 Å². The zero-order chi connectivity index (χ0) is 17.1. The maximum Gasteiger partial charge on any atom is 0.573 e. The van der Waals surface area contributed by atoms with Crippen LogP contribution >= 0.6 is 15.9 Å². The van der Waals surface area contributed by atoms with Gasteiger partial charge in [0.25, 0.3) is 0 Å². The number of alkyl halides is 7. The van der Waals surface area contributed by atoms with Crippen LogP contribution in [0.1, 0.15) is 28.5 Å². The Balaban J connectivity index is 3.56. The first kappa shape index (κ1) is 18.5. The number of hydrogen-bond acceptors (Lipinski definition) is 4. The van der Waals surface area contributed by atoms with Crippen molar-refractivity contribution in [2.75, 3.05) is 6.61 Å². The van der Waals surface area contributed by atoms with Crippen molar-refractivity contribution in [3.63, 3.8) is 0 Å². The molecule has 22 heavy (non-hydrogen) atoms. The highest BCUT2D eigenvalue weighted by molar-refractivity contribution is 9.08. The highest BCUT2D eigenvalue weighted by atomic mass is 79.9. The number of ether oxygens (including phenoxy) is 2. The average Bonchev–Trinajstić information content (AvgIpc) is 2.34. The maximum absolute atomic E-state index is 12.8. The smallest absolute Gasteiger partial charge is 0.462 e. The second-order valence-electron chi connectivity index (χ2n) is 3.72. The molecule has 0 bridgehead atoms. The van der Waals surface area contributed by atoms with Gasteiger partial charge in [-0.3, -0.25) is 0 Å². The molecule has 0 spiro atoms. The van der Waals surface area contributed by atoms with E-state index < -0.39 is 46.4 Å². The largest absolute Gasteiger partial charge is 0.573 e. The molecule has 124 valence electrons. The molecular formula is C11H8BrF6NO3. The summed E-state index contributed by atoms with van der Waals surface area (Å²) in [6, 6.07) is 0. The summed E-state index contributed by atoms with van der Waals surface area (Å²) in [7, 11) is 0. The predicted molar refractivity (Wildman–Crippen MR) is 64.5 cm³/mol. The Labute approximate surface area is 128 Å². The Hall–Kier alpha value is -1.52. The normalized spacial score (nSPS) is 12.2. The Morgan fingerprint density at radius 2 is 1.86 bits per heavy atom. The van der Waals surface area contributed by atoms with Gasteiger partial charge in [0.1, 0.15) is 11.3 Å². The van der Waals surface area contributed by atoms with E-state index in [1.54, 1.807) is 0 Å². The van der Waals surface area contributed by atoms with E-state index in [-0.39, 0.29) is 12.8 Å². The van der Waals surface area contributed by atoms with Crippen LogP contribution in [0.25, 0.3) is 0 Å². The summed E-state index contributed by atoms with van der Waals surface area (Å²) < 4.78 is 83.5. The standard InChI is InChI=1S/C11H8BrF6NO3/c1-2-21-9(20)7-5(3-12)8(10(13,14)15)19-4-6(7)22-11(16,17)18/h4H,2-3H2,1H3. The molecule has 1 rings (SSSR count). The molecule has 1 heterocycles. The number of esters is 1. The molecule has 0 saturated heterocycles. The summed E-state index contributed by atoms with van der Waals surface area (Å²) in [4.78, 5) is 14.6. The maximum atomic E-state index is 12.8. The fourth-order valence-corrected chi connectivity index (χ4v) is 2.08. The van der Waals surface area contributed by atoms with Crippen LogP contribution in [0.2, 0.25) is 0 Å². The molecule has 0 amide bonds. The second kappa shape index (κ2) is 6.71. The van der Waals surface area contributed by atoms with Crippen LogP contribution in [0.5, 0.6) is 5.75 Å². The monoisotopic (exact) mass is 395 g/mol. The van der Waals surface area contributed by atoms with Crippen LogP contribution < -0.4 is 4.74 Å². The molecule has 11 heteroatoms. The van der Waals surface area contributed by atoms with Crippen LogP contribution in [0.15, 0.2) is 6.20 Å². The van der Waals surface area contributed by atoms with Crippen LogP contribution in [0, 0.1) is 0 Å². The first-order chi connectivity index (χ1) is 10.0. The lowest BCUT2D eigenvalue weighted by atomic mass is 10.1.